The normalized spacial score (nSPS) is 13.1. The van der Waals surface area contributed by atoms with Crippen LogP contribution in [0.2, 0.25) is 0 Å². The fourth-order valence-corrected chi connectivity index (χ4v) is 2.26. The molecule has 0 saturated heterocycles. The zero-order chi connectivity index (χ0) is 17.7. The molecule has 2 rings (SSSR count). The molecule has 1 aromatic heterocycles. The van der Waals surface area contributed by atoms with Gasteiger partial charge in [0.15, 0.2) is 0 Å². The van der Waals surface area contributed by atoms with Crippen molar-refractivity contribution in [1.82, 2.24) is 20.3 Å². The lowest BCUT2D eigenvalue weighted by Crippen LogP contribution is -2.42. The Balaban J connectivity index is 2.00. The van der Waals surface area contributed by atoms with E-state index in [4.69, 9.17) is 0 Å². The first kappa shape index (κ1) is 18.0. The van der Waals surface area contributed by atoms with Gasteiger partial charge in [-0.2, -0.15) is 13.2 Å². The third-order valence-electron chi connectivity index (χ3n) is 3.63. The van der Waals surface area contributed by atoms with E-state index >= 15 is 0 Å². The first-order valence-corrected chi connectivity index (χ1v) is 7.55. The minimum Gasteiger partial charge on any atom is -0.351 e. The van der Waals surface area contributed by atoms with E-state index in [2.05, 4.69) is 15.6 Å². The molecule has 0 aliphatic heterocycles. The largest absolute Gasteiger partial charge is 0.416 e. The third-order valence-corrected chi connectivity index (χ3v) is 3.63. The Labute approximate surface area is 137 Å². The number of benzene rings is 1. The second-order valence-corrected chi connectivity index (χ2v) is 5.92. The van der Waals surface area contributed by atoms with Crippen LogP contribution in [-0.4, -0.2) is 26.9 Å². The van der Waals surface area contributed by atoms with Crippen LogP contribution in [0.3, 0.4) is 0 Å². The standard InChI is InChI=1S/C16H19F3N4O/c1-11(2)14(10-23-7-6-20-22-23)21-15(24)9-12-4-3-5-13(8-12)16(17,18)19/h3-8,11,14H,9-10H2,1-2H3,(H,21,24)/t14-/m1/s1. The average Bonchev–Trinajstić information content (AvgIpc) is 2.99. The van der Waals surface area contributed by atoms with Crippen LogP contribution in [0.1, 0.15) is 25.0 Å². The first-order valence-electron chi connectivity index (χ1n) is 7.55. The number of carbonyl (C=O) groups excluding carboxylic acids is 1. The minimum absolute atomic E-state index is 0.107. The van der Waals surface area contributed by atoms with Gasteiger partial charge >= 0.3 is 6.18 Å². The van der Waals surface area contributed by atoms with E-state index in [0.29, 0.717) is 12.1 Å². The minimum atomic E-state index is -4.42. The number of alkyl halides is 3. The van der Waals surface area contributed by atoms with E-state index in [9.17, 15) is 18.0 Å². The Morgan fingerprint density at radius 1 is 1.33 bits per heavy atom. The molecule has 1 aromatic carbocycles. The second-order valence-electron chi connectivity index (χ2n) is 5.92. The number of nitrogens with zero attached hydrogens (tertiary/aromatic N) is 3. The van der Waals surface area contributed by atoms with Crippen molar-refractivity contribution < 1.29 is 18.0 Å². The van der Waals surface area contributed by atoms with E-state index in [-0.39, 0.29) is 24.3 Å². The van der Waals surface area contributed by atoms with Crippen molar-refractivity contribution in [2.75, 3.05) is 0 Å². The van der Waals surface area contributed by atoms with E-state index in [1.54, 1.807) is 17.1 Å². The van der Waals surface area contributed by atoms with E-state index in [0.717, 1.165) is 12.1 Å². The predicted molar refractivity (Wildman–Crippen MR) is 81.9 cm³/mol. The maximum Gasteiger partial charge on any atom is 0.416 e. The first-order chi connectivity index (χ1) is 11.3. The fourth-order valence-electron chi connectivity index (χ4n) is 2.26. The third kappa shape index (κ3) is 5.07. The van der Waals surface area contributed by atoms with Crippen LogP contribution in [0, 0.1) is 5.92 Å². The lowest BCUT2D eigenvalue weighted by molar-refractivity contribution is -0.137. The van der Waals surface area contributed by atoms with E-state index < -0.39 is 11.7 Å². The Morgan fingerprint density at radius 2 is 2.08 bits per heavy atom. The quantitative estimate of drug-likeness (QED) is 0.879. The molecule has 0 saturated carbocycles. The van der Waals surface area contributed by atoms with E-state index in [1.165, 1.54) is 12.1 Å². The number of carbonyl (C=O) groups is 1. The number of rotatable bonds is 6. The van der Waals surface area contributed by atoms with Crippen molar-refractivity contribution in [2.45, 2.75) is 39.0 Å². The predicted octanol–water partition coefficient (Wildman–Crippen LogP) is 2.68. The van der Waals surface area contributed by atoms with Gasteiger partial charge in [0.25, 0.3) is 0 Å². The molecule has 0 unspecified atom stereocenters. The topological polar surface area (TPSA) is 59.8 Å². The monoisotopic (exact) mass is 340 g/mol. The number of halogens is 3. The Kier molecular flexibility index (Phi) is 5.58. The van der Waals surface area contributed by atoms with Crippen molar-refractivity contribution in [3.63, 3.8) is 0 Å². The summed E-state index contributed by atoms with van der Waals surface area (Å²) in [7, 11) is 0. The number of amides is 1. The van der Waals surface area contributed by atoms with Gasteiger partial charge in [-0.05, 0) is 17.5 Å². The Morgan fingerprint density at radius 3 is 2.67 bits per heavy atom. The molecule has 0 spiro atoms. The highest BCUT2D eigenvalue weighted by molar-refractivity contribution is 5.78. The Hall–Kier alpha value is -2.38. The molecule has 0 aliphatic rings. The van der Waals surface area contributed by atoms with Crippen LogP contribution in [0.15, 0.2) is 36.7 Å². The van der Waals surface area contributed by atoms with Gasteiger partial charge < -0.3 is 5.32 Å². The lowest BCUT2D eigenvalue weighted by Gasteiger charge is -2.22. The second kappa shape index (κ2) is 7.46. The molecule has 130 valence electrons. The van der Waals surface area contributed by atoms with Crippen molar-refractivity contribution in [3.8, 4) is 0 Å². The van der Waals surface area contributed by atoms with Gasteiger partial charge in [0.2, 0.25) is 5.91 Å². The van der Waals surface area contributed by atoms with Gasteiger partial charge in [-0.3, -0.25) is 9.48 Å². The summed E-state index contributed by atoms with van der Waals surface area (Å²) < 4.78 is 39.8. The summed E-state index contributed by atoms with van der Waals surface area (Å²) in [6.07, 6.45) is -1.29. The highest BCUT2D eigenvalue weighted by Crippen LogP contribution is 2.29. The zero-order valence-electron chi connectivity index (χ0n) is 13.4. The number of nitrogens with one attached hydrogen (secondary N) is 1. The summed E-state index contributed by atoms with van der Waals surface area (Å²) >= 11 is 0. The summed E-state index contributed by atoms with van der Waals surface area (Å²) in [4.78, 5) is 12.2. The maximum atomic E-state index is 12.7. The maximum absolute atomic E-state index is 12.7. The van der Waals surface area contributed by atoms with Crippen molar-refractivity contribution in [3.05, 3.63) is 47.8 Å². The molecule has 1 amide bonds. The molecule has 0 aliphatic carbocycles. The fraction of sp³-hybridized carbons (Fsp3) is 0.438. The molecule has 8 heteroatoms. The van der Waals surface area contributed by atoms with Crippen molar-refractivity contribution >= 4 is 5.91 Å². The highest BCUT2D eigenvalue weighted by atomic mass is 19.4. The molecule has 0 fully saturated rings. The molecular formula is C16H19F3N4O. The van der Waals surface area contributed by atoms with Crippen molar-refractivity contribution in [1.29, 1.82) is 0 Å². The van der Waals surface area contributed by atoms with Crippen molar-refractivity contribution in [2.24, 2.45) is 5.92 Å². The molecule has 1 atom stereocenters. The summed E-state index contributed by atoms with van der Waals surface area (Å²) in [6.45, 7) is 4.35. The highest BCUT2D eigenvalue weighted by Gasteiger charge is 2.30. The summed E-state index contributed by atoms with van der Waals surface area (Å²) in [5, 5.41) is 10.4. The molecule has 2 aromatic rings. The Bertz CT molecular complexity index is 668. The van der Waals surface area contributed by atoms with Crippen LogP contribution in [-0.2, 0) is 23.9 Å². The molecule has 1 heterocycles. The van der Waals surface area contributed by atoms with Gasteiger partial charge in [-0.25, -0.2) is 0 Å². The average molecular weight is 340 g/mol. The number of hydrogen-bond donors (Lipinski definition) is 1. The number of hydrogen-bond acceptors (Lipinski definition) is 3. The van der Waals surface area contributed by atoms with Crippen LogP contribution >= 0.6 is 0 Å². The van der Waals surface area contributed by atoms with Gasteiger partial charge in [0.1, 0.15) is 0 Å². The molecular weight excluding hydrogens is 321 g/mol. The molecule has 5 nitrogen and oxygen atoms in total. The summed E-state index contributed by atoms with van der Waals surface area (Å²) in [5.74, 6) is -0.187. The summed E-state index contributed by atoms with van der Waals surface area (Å²) in [5.41, 5.74) is -0.429. The lowest BCUT2D eigenvalue weighted by atomic mass is 10.0. The smallest absolute Gasteiger partial charge is 0.351 e. The molecule has 24 heavy (non-hydrogen) atoms. The SMILES string of the molecule is CC(C)[C@@H](Cn1ccnn1)NC(=O)Cc1cccc(C(F)(F)F)c1. The molecule has 1 N–H and O–H groups in total. The van der Waals surface area contributed by atoms with E-state index in [1.807, 2.05) is 13.8 Å². The van der Waals surface area contributed by atoms with Gasteiger partial charge in [0, 0.05) is 6.20 Å². The number of aromatic nitrogens is 3. The molecule has 0 radical (unpaired) electrons. The van der Waals surface area contributed by atoms with Gasteiger partial charge in [-0.15, -0.1) is 5.10 Å². The van der Waals surface area contributed by atoms with Crippen LogP contribution < -0.4 is 5.32 Å². The van der Waals surface area contributed by atoms with Gasteiger partial charge in [-0.1, -0.05) is 37.3 Å². The summed E-state index contributed by atoms with van der Waals surface area (Å²) in [6, 6.07) is 4.62. The van der Waals surface area contributed by atoms with Crippen LogP contribution in [0.5, 0.6) is 0 Å². The van der Waals surface area contributed by atoms with Crippen LogP contribution in [0.25, 0.3) is 0 Å². The molecule has 0 bridgehead atoms. The van der Waals surface area contributed by atoms with Crippen LogP contribution in [0.4, 0.5) is 13.2 Å². The zero-order valence-corrected chi connectivity index (χ0v) is 13.4. The van der Waals surface area contributed by atoms with Gasteiger partial charge in [0.05, 0.1) is 30.8 Å².